The summed E-state index contributed by atoms with van der Waals surface area (Å²) >= 11 is 12.8. The van der Waals surface area contributed by atoms with Gasteiger partial charge in [-0.3, -0.25) is 13.9 Å². The Bertz CT molecular complexity index is 1430. The number of anilines is 1. The lowest BCUT2D eigenvalue weighted by Gasteiger charge is -2.33. The van der Waals surface area contributed by atoms with Crippen LogP contribution in [0.2, 0.25) is 10.0 Å². The van der Waals surface area contributed by atoms with Crippen molar-refractivity contribution in [3.05, 3.63) is 93.5 Å². The first-order valence-electron chi connectivity index (χ1n) is 12.7. The Morgan fingerprint density at radius 2 is 1.54 bits per heavy atom. The van der Waals surface area contributed by atoms with E-state index in [9.17, 15) is 18.0 Å². The summed E-state index contributed by atoms with van der Waals surface area (Å²) in [5, 5.41) is 3.59. The van der Waals surface area contributed by atoms with Crippen molar-refractivity contribution in [3.8, 4) is 0 Å². The molecule has 10 heteroatoms. The standard InChI is InChI=1S/C29H33Cl2N3O4S/c1-5-26(29(36)32-6-2)33(18-22-10-7-8-11-25(22)31)28(35)19-34(27-13-9-12-24(30)21(27)4)39(37,38)23-16-14-20(3)15-17-23/h7-17,26H,5-6,18-19H2,1-4H3,(H,32,36). The first-order chi connectivity index (χ1) is 18.5. The number of benzene rings is 3. The van der Waals surface area contributed by atoms with Crippen molar-refractivity contribution in [2.45, 2.75) is 51.6 Å². The second-order valence-electron chi connectivity index (χ2n) is 9.14. The monoisotopic (exact) mass is 589 g/mol. The van der Waals surface area contributed by atoms with Crippen LogP contribution in [0.1, 0.15) is 37.0 Å². The van der Waals surface area contributed by atoms with E-state index in [4.69, 9.17) is 23.2 Å². The van der Waals surface area contributed by atoms with Gasteiger partial charge in [-0.15, -0.1) is 0 Å². The second-order valence-corrected chi connectivity index (χ2v) is 11.8. The Morgan fingerprint density at radius 3 is 2.15 bits per heavy atom. The first kappa shape index (κ1) is 30.5. The Morgan fingerprint density at radius 1 is 0.897 bits per heavy atom. The van der Waals surface area contributed by atoms with Gasteiger partial charge < -0.3 is 10.2 Å². The van der Waals surface area contributed by atoms with E-state index in [-0.39, 0.29) is 23.0 Å². The Labute approximate surface area is 240 Å². The normalized spacial score (nSPS) is 12.1. The quantitative estimate of drug-likeness (QED) is 0.308. The number of hydrogen-bond donors (Lipinski definition) is 1. The summed E-state index contributed by atoms with van der Waals surface area (Å²) in [5.74, 6) is -0.879. The second kappa shape index (κ2) is 13.3. The van der Waals surface area contributed by atoms with Gasteiger partial charge in [0.15, 0.2) is 0 Å². The van der Waals surface area contributed by atoms with Crippen LogP contribution in [0.5, 0.6) is 0 Å². The van der Waals surface area contributed by atoms with Gasteiger partial charge in [-0.2, -0.15) is 0 Å². The first-order valence-corrected chi connectivity index (χ1v) is 14.9. The molecule has 39 heavy (non-hydrogen) atoms. The molecule has 3 rings (SSSR count). The third kappa shape index (κ3) is 7.12. The maximum absolute atomic E-state index is 14.0. The molecule has 0 heterocycles. The molecule has 1 unspecified atom stereocenters. The molecule has 0 spiro atoms. The van der Waals surface area contributed by atoms with Gasteiger partial charge in [0, 0.05) is 23.1 Å². The number of likely N-dealkylation sites (N-methyl/N-ethyl adjacent to an activating group) is 1. The average Bonchev–Trinajstić information content (AvgIpc) is 2.90. The van der Waals surface area contributed by atoms with Crippen LogP contribution in [-0.4, -0.2) is 44.3 Å². The fourth-order valence-electron chi connectivity index (χ4n) is 4.24. The number of sulfonamides is 1. The highest BCUT2D eigenvalue weighted by atomic mass is 35.5. The molecule has 0 aromatic heterocycles. The lowest BCUT2D eigenvalue weighted by atomic mass is 10.1. The van der Waals surface area contributed by atoms with Gasteiger partial charge in [0.1, 0.15) is 12.6 Å². The van der Waals surface area contributed by atoms with Crippen LogP contribution in [-0.2, 0) is 26.2 Å². The predicted octanol–water partition coefficient (Wildman–Crippen LogP) is 5.75. The van der Waals surface area contributed by atoms with Crippen LogP contribution < -0.4 is 9.62 Å². The number of halogens is 2. The van der Waals surface area contributed by atoms with E-state index < -0.39 is 28.5 Å². The maximum atomic E-state index is 14.0. The van der Waals surface area contributed by atoms with Crippen LogP contribution in [0.4, 0.5) is 5.69 Å². The smallest absolute Gasteiger partial charge is 0.264 e. The van der Waals surface area contributed by atoms with E-state index in [0.717, 1.165) is 9.87 Å². The highest BCUT2D eigenvalue weighted by Gasteiger charge is 2.34. The molecule has 0 fully saturated rings. The van der Waals surface area contributed by atoms with E-state index in [1.165, 1.54) is 17.0 Å². The minimum absolute atomic E-state index is 0.0289. The van der Waals surface area contributed by atoms with Crippen LogP contribution >= 0.6 is 23.2 Å². The number of nitrogens with zero attached hydrogens (tertiary/aromatic N) is 2. The topological polar surface area (TPSA) is 86.8 Å². The third-order valence-corrected chi connectivity index (χ3v) is 8.98. The molecular weight excluding hydrogens is 557 g/mol. The molecule has 1 N–H and O–H groups in total. The van der Waals surface area contributed by atoms with Crippen molar-refractivity contribution in [1.82, 2.24) is 10.2 Å². The highest BCUT2D eigenvalue weighted by molar-refractivity contribution is 7.92. The summed E-state index contributed by atoms with van der Waals surface area (Å²) in [6.45, 7) is 7.03. The molecule has 3 aromatic carbocycles. The molecule has 3 aromatic rings. The minimum Gasteiger partial charge on any atom is -0.355 e. The van der Waals surface area contributed by atoms with Crippen molar-refractivity contribution in [1.29, 1.82) is 0 Å². The van der Waals surface area contributed by atoms with Crippen LogP contribution in [0.15, 0.2) is 71.6 Å². The zero-order chi connectivity index (χ0) is 28.7. The summed E-state index contributed by atoms with van der Waals surface area (Å²) in [6, 6.07) is 17.5. The van der Waals surface area contributed by atoms with E-state index in [1.54, 1.807) is 75.4 Å². The fourth-order valence-corrected chi connectivity index (χ4v) is 6.08. The minimum atomic E-state index is -4.18. The molecule has 1 atom stereocenters. The number of rotatable bonds is 11. The fraction of sp³-hybridized carbons (Fsp3) is 0.310. The predicted molar refractivity (Wildman–Crippen MR) is 157 cm³/mol. The Hall–Kier alpha value is -3.07. The number of carbonyl (C=O) groups is 2. The highest BCUT2D eigenvalue weighted by Crippen LogP contribution is 2.31. The molecule has 208 valence electrons. The van der Waals surface area contributed by atoms with Gasteiger partial charge in [-0.05, 0) is 68.7 Å². The number of hydrogen-bond acceptors (Lipinski definition) is 4. The van der Waals surface area contributed by atoms with Gasteiger partial charge in [-0.25, -0.2) is 8.42 Å². The maximum Gasteiger partial charge on any atom is 0.264 e. The summed E-state index contributed by atoms with van der Waals surface area (Å²) in [7, 11) is -4.18. The summed E-state index contributed by atoms with van der Waals surface area (Å²) in [4.78, 5) is 28.5. The van der Waals surface area contributed by atoms with Crippen LogP contribution in [0.25, 0.3) is 0 Å². The number of nitrogens with one attached hydrogen (secondary N) is 1. The van der Waals surface area contributed by atoms with Crippen LogP contribution in [0, 0.1) is 13.8 Å². The number of amides is 2. The number of aryl methyl sites for hydroxylation is 1. The lowest BCUT2D eigenvalue weighted by molar-refractivity contribution is -0.140. The molecule has 0 saturated carbocycles. The zero-order valence-corrected chi connectivity index (χ0v) is 24.8. The van der Waals surface area contributed by atoms with Crippen molar-refractivity contribution < 1.29 is 18.0 Å². The van der Waals surface area contributed by atoms with E-state index in [2.05, 4.69) is 5.32 Å². The van der Waals surface area contributed by atoms with Gasteiger partial charge >= 0.3 is 0 Å². The van der Waals surface area contributed by atoms with Gasteiger partial charge in [0.05, 0.1) is 10.6 Å². The average molecular weight is 591 g/mol. The Kier molecular flexibility index (Phi) is 10.4. The Balaban J connectivity index is 2.12. The third-order valence-electron chi connectivity index (χ3n) is 6.43. The molecule has 0 aliphatic rings. The van der Waals surface area contributed by atoms with Gasteiger partial charge in [0.2, 0.25) is 11.8 Å². The molecule has 0 aliphatic heterocycles. The zero-order valence-electron chi connectivity index (χ0n) is 22.4. The van der Waals surface area contributed by atoms with Crippen molar-refractivity contribution in [3.63, 3.8) is 0 Å². The van der Waals surface area contributed by atoms with Crippen molar-refractivity contribution in [2.24, 2.45) is 0 Å². The molecule has 0 bridgehead atoms. The van der Waals surface area contributed by atoms with Gasteiger partial charge in [-0.1, -0.05) is 72.1 Å². The van der Waals surface area contributed by atoms with Gasteiger partial charge in [0.25, 0.3) is 10.0 Å². The van der Waals surface area contributed by atoms with Crippen molar-refractivity contribution in [2.75, 3.05) is 17.4 Å². The van der Waals surface area contributed by atoms with E-state index in [0.29, 0.717) is 34.1 Å². The molecule has 0 aliphatic carbocycles. The molecule has 7 nitrogen and oxygen atoms in total. The SMILES string of the molecule is CCNC(=O)C(CC)N(Cc1ccccc1Cl)C(=O)CN(c1cccc(Cl)c1C)S(=O)(=O)c1ccc(C)cc1. The summed E-state index contributed by atoms with van der Waals surface area (Å²) in [5.41, 5.74) is 2.33. The number of carbonyl (C=O) groups excluding carboxylic acids is 2. The summed E-state index contributed by atoms with van der Waals surface area (Å²) < 4.78 is 29.0. The lowest BCUT2D eigenvalue weighted by Crippen LogP contribution is -2.52. The summed E-state index contributed by atoms with van der Waals surface area (Å²) in [6.07, 6.45) is 0.322. The molecule has 0 saturated heterocycles. The molecule has 0 radical (unpaired) electrons. The van der Waals surface area contributed by atoms with E-state index >= 15 is 0 Å². The molecular formula is C29H33Cl2N3O4S. The van der Waals surface area contributed by atoms with E-state index in [1.807, 2.05) is 6.92 Å². The van der Waals surface area contributed by atoms with Crippen LogP contribution in [0.3, 0.4) is 0 Å². The molecule has 2 amide bonds. The van der Waals surface area contributed by atoms with Crippen molar-refractivity contribution >= 4 is 50.7 Å². The largest absolute Gasteiger partial charge is 0.355 e.